The van der Waals surface area contributed by atoms with E-state index in [1.54, 1.807) is 37.3 Å². The van der Waals surface area contributed by atoms with Gasteiger partial charge in [-0.1, -0.05) is 24.3 Å². The van der Waals surface area contributed by atoms with E-state index in [4.69, 9.17) is 9.47 Å². The Kier molecular flexibility index (Phi) is 6.29. The summed E-state index contributed by atoms with van der Waals surface area (Å²) in [5.74, 6) is 0.952. The minimum atomic E-state index is -3.87. The largest absolute Gasteiger partial charge is 0.486 e. The number of carbonyl (C=O) groups excluding carboxylic acids is 1. The monoisotopic (exact) mass is 466 g/mol. The average molecular weight is 467 g/mol. The van der Waals surface area contributed by atoms with Gasteiger partial charge in [-0.3, -0.25) is 9.52 Å². The number of hydrogen-bond acceptors (Lipinski definition) is 5. The molecular formula is C25H26N2O5S. The average Bonchev–Trinajstić information content (AvgIpc) is 2.78. The van der Waals surface area contributed by atoms with Crippen molar-refractivity contribution in [2.45, 2.75) is 31.7 Å². The second kappa shape index (κ2) is 9.15. The zero-order chi connectivity index (χ0) is 23.6. The molecule has 1 amide bonds. The zero-order valence-corrected chi connectivity index (χ0v) is 19.5. The summed E-state index contributed by atoms with van der Waals surface area (Å²) in [6.45, 7) is 6.43. The van der Waals surface area contributed by atoms with Gasteiger partial charge in [0.15, 0.2) is 11.5 Å². The van der Waals surface area contributed by atoms with Crippen molar-refractivity contribution in [3.05, 3.63) is 82.9 Å². The summed E-state index contributed by atoms with van der Waals surface area (Å²) in [5, 5.41) is 2.92. The van der Waals surface area contributed by atoms with E-state index in [1.165, 1.54) is 6.07 Å². The second-order valence-corrected chi connectivity index (χ2v) is 9.70. The van der Waals surface area contributed by atoms with Crippen LogP contribution in [0.4, 0.5) is 5.69 Å². The minimum absolute atomic E-state index is 0.0589. The first-order valence-corrected chi connectivity index (χ1v) is 12.1. The topological polar surface area (TPSA) is 93.7 Å². The molecule has 0 aromatic heterocycles. The molecule has 172 valence electrons. The molecule has 1 atom stereocenters. The van der Waals surface area contributed by atoms with Gasteiger partial charge < -0.3 is 14.8 Å². The van der Waals surface area contributed by atoms with E-state index in [1.807, 2.05) is 38.1 Å². The van der Waals surface area contributed by atoms with E-state index < -0.39 is 10.0 Å². The maximum absolute atomic E-state index is 13.0. The number of anilines is 1. The lowest BCUT2D eigenvalue weighted by atomic mass is 10.1. The van der Waals surface area contributed by atoms with Crippen molar-refractivity contribution in [1.82, 2.24) is 5.32 Å². The first-order valence-electron chi connectivity index (χ1n) is 10.6. The molecule has 3 aromatic carbocycles. The number of benzene rings is 3. The molecule has 33 heavy (non-hydrogen) atoms. The van der Waals surface area contributed by atoms with Gasteiger partial charge in [0, 0.05) is 11.3 Å². The van der Waals surface area contributed by atoms with Crippen LogP contribution in [-0.2, 0) is 10.0 Å². The van der Waals surface area contributed by atoms with Crippen molar-refractivity contribution < 1.29 is 22.7 Å². The first-order chi connectivity index (χ1) is 15.7. The van der Waals surface area contributed by atoms with Gasteiger partial charge in [-0.15, -0.1) is 0 Å². The van der Waals surface area contributed by atoms with E-state index in [9.17, 15) is 13.2 Å². The Bertz CT molecular complexity index is 1300. The van der Waals surface area contributed by atoms with Crippen molar-refractivity contribution in [2.24, 2.45) is 0 Å². The number of sulfonamides is 1. The third-order valence-corrected chi connectivity index (χ3v) is 6.95. The standard InChI is InChI=1S/C25H26N2O5S/c1-16-5-4-6-21(13-16)27-33(29,30)24-15-20(8-7-17(24)2)25(28)26-18(3)19-9-10-22-23(14-19)32-12-11-31-22/h4-10,13-15,18,27H,11-12H2,1-3H3,(H,26,28)/t18-/m0/s1. The molecule has 8 heteroatoms. The molecular weight excluding hydrogens is 440 g/mol. The molecule has 2 N–H and O–H groups in total. The van der Waals surface area contributed by atoms with Crippen LogP contribution < -0.4 is 19.5 Å². The lowest BCUT2D eigenvalue weighted by molar-refractivity contribution is 0.0939. The Hall–Kier alpha value is -3.52. The van der Waals surface area contributed by atoms with Crippen molar-refractivity contribution in [2.75, 3.05) is 17.9 Å². The summed E-state index contributed by atoms with van der Waals surface area (Å²) < 4.78 is 39.8. The first kappa shape index (κ1) is 22.7. The predicted molar refractivity (Wildman–Crippen MR) is 126 cm³/mol. The van der Waals surface area contributed by atoms with Crippen molar-refractivity contribution in [3.63, 3.8) is 0 Å². The van der Waals surface area contributed by atoms with Crippen molar-refractivity contribution in [1.29, 1.82) is 0 Å². The summed E-state index contributed by atoms with van der Waals surface area (Å²) in [6.07, 6.45) is 0. The lowest BCUT2D eigenvalue weighted by Gasteiger charge is -2.21. The molecule has 7 nitrogen and oxygen atoms in total. The number of fused-ring (bicyclic) bond motifs is 1. The van der Waals surface area contributed by atoms with Gasteiger partial charge in [-0.2, -0.15) is 0 Å². The van der Waals surface area contributed by atoms with Crippen LogP contribution in [0.3, 0.4) is 0 Å². The SMILES string of the molecule is Cc1cccc(NS(=O)(=O)c2cc(C(=O)N[C@@H](C)c3ccc4c(c3)OCCO4)ccc2C)c1. The molecule has 4 rings (SSSR count). The van der Waals surface area contributed by atoms with Gasteiger partial charge >= 0.3 is 0 Å². The Labute approximate surface area is 193 Å². The Morgan fingerprint density at radius 1 is 0.939 bits per heavy atom. The molecule has 1 aliphatic rings. The normalized spacial score (nSPS) is 13.8. The molecule has 0 saturated heterocycles. The molecule has 0 aliphatic carbocycles. The van der Waals surface area contributed by atoms with Gasteiger partial charge in [0.1, 0.15) is 13.2 Å². The predicted octanol–water partition coefficient (Wildman–Crippen LogP) is 4.37. The van der Waals surface area contributed by atoms with Gasteiger partial charge in [0.25, 0.3) is 15.9 Å². The number of ether oxygens (including phenoxy) is 2. The minimum Gasteiger partial charge on any atom is -0.486 e. The second-order valence-electron chi connectivity index (χ2n) is 8.05. The van der Waals surface area contributed by atoms with Gasteiger partial charge in [0.2, 0.25) is 0 Å². The zero-order valence-electron chi connectivity index (χ0n) is 18.7. The molecule has 0 unspecified atom stereocenters. The van der Waals surface area contributed by atoms with Crippen LogP contribution in [0.25, 0.3) is 0 Å². The number of aryl methyl sites for hydroxylation is 2. The van der Waals surface area contributed by atoms with E-state index in [0.29, 0.717) is 36.0 Å². The summed E-state index contributed by atoms with van der Waals surface area (Å²) >= 11 is 0. The van der Waals surface area contributed by atoms with E-state index in [-0.39, 0.29) is 22.4 Å². The van der Waals surface area contributed by atoms with Gasteiger partial charge in [-0.05, 0) is 73.9 Å². The molecule has 0 fully saturated rings. The number of nitrogens with one attached hydrogen (secondary N) is 2. The van der Waals surface area contributed by atoms with E-state index >= 15 is 0 Å². The molecule has 0 spiro atoms. The number of hydrogen-bond donors (Lipinski definition) is 2. The molecule has 1 aliphatic heterocycles. The van der Waals surface area contributed by atoms with E-state index in [0.717, 1.165) is 11.1 Å². The summed E-state index contributed by atoms with van der Waals surface area (Å²) in [7, 11) is -3.87. The van der Waals surface area contributed by atoms with Gasteiger partial charge in [-0.25, -0.2) is 8.42 Å². The lowest BCUT2D eigenvalue weighted by Crippen LogP contribution is -2.27. The third kappa shape index (κ3) is 5.12. The molecule has 0 radical (unpaired) electrons. The molecule has 0 saturated carbocycles. The molecule has 3 aromatic rings. The van der Waals surface area contributed by atoms with Crippen LogP contribution in [0.1, 0.15) is 40.0 Å². The Morgan fingerprint density at radius 2 is 1.70 bits per heavy atom. The van der Waals surface area contributed by atoms with Crippen LogP contribution in [0.5, 0.6) is 11.5 Å². The van der Waals surface area contributed by atoms with E-state index in [2.05, 4.69) is 10.0 Å². The van der Waals surface area contributed by atoms with Crippen LogP contribution in [0, 0.1) is 13.8 Å². The summed E-state index contributed by atoms with van der Waals surface area (Å²) in [4.78, 5) is 13.0. The fourth-order valence-corrected chi connectivity index (χ4v) is 4.96. The highest BCUT2D eigenvalue weighted by Gasteiger charge is 2.21. The molecule has 0 bridgehead atoms. The fourth-order valence-electron chi connectivity index (χ4n) is 3.64. The van der Waals surface area contributed by atoms with Crippen LogP contribution >= 0.6 is 0 Å². The number of amides is 1. The smallest absolute Gasteiger partial charge is 0.262 e. The molecule has 1 heterocycles. The Morgan fingerprint density at radius 3 is 2.45 bits per heavy atom. The van der Waals surface area contributed by atoms with Gasteiger partial charge in [0.05, 0.1) is 10.9 Å². The quantitative estimate of drug-likeness (QED) is 0.563. The highest BCUT2D eigenvalue weighted by Crippen LogP contribution is 2.32. The number of rotatable bonds is 6. The van der Waals surface area contributed by atoms with Crippen LogP contribution in [-0.4, -0.2) is 27.5 Å². The van der Waals surface area contributed by atoms with Crippen LogP contribution in [0.15, 0.2) is 65.6 Å². The third-order valence-electron chi connectivity index (χ3n) is 5.42. The highest BCUT2D eigenvalue weighted by atomic mass is 32.2. The summed E-state index contributed by atoms with van der Waals surface area (Å²) in [6, 6.07) is 17.0. The maximum atomic E-state index is 13.0. The highest BCUT2D eigenvalue weighted by molar-refractivity contribution is 7.92. The Balaban J connectivity index is 1.53. The van der Waals surface area contributed by atoms with Crippen molar-refractivity contribution in [3.8, 4) is 11.5 Å². The fraction of sp³-hybridized carbons (Fsp3) is 0.240. The van der Waals surface area contributed by atoms with Crippen LogP contribution in [0.2, 0.25) is 0 Å². The summed E-state index contributed by atoms with van der Waals surface area (Å²) in [5.41, 5.74) is 3.07. The number of carbonyl (C=O) groups is 1. The maximum Gasteiger partial charge on any atom is 0.262 e. The van der Waals surface area contributed by atoms with Crippen molar-refractivity contribution >= 4 is 21.6 Å².